The highest BCUT2D eigenvalue weighted by Gasteiger charge is 2.12. The summed E-state index contributed by atoms with van der Waals surface area (Å²) in [6.07, 6.45) is 5.23. The minimum Gasteiger partial charge on any atom is -0.454 e. The maximum Gasteiger partial charge on any atom is 0.231 e. The van der Waals surface area contributed by atoms with Gasteiger partial charge in [-0.25, -0.2) is 0 Å². The van der Waals surface area contributed by atoms with Gasteiger partial charge in [-0.2, -0.15) is 0 Å². The van der Waals surface area contributed by atoms with E-state index in [0.29, 0.717) is 6.79 Å². The Morgan fingerprint density at radius 2 is 2.14 bits per heavy atom. The van der Waals surface area contributed by atoms with Crippen LogP contribution in [0.15, 0.2) is 30.9 Å². The number of unbranched alkanes of at least 4 members (excludes halogenated alkanes) is 1. The molecule has 2 heteroatoms. The minimum absolute atomic E-state index is 0.353. The van der Waals surface area contributed by atoms with Gasteiger partial charge in [0.25, 0.3) is 0 Å². The Morgan fingerprint density at radius 3 is 3.00 bits per heavy atom. The van der Waals surface area contributed by atoms with E-state index in [-0.39, 0.29) is 0 Å². The van der Waals surface area contributed by atoms with E-state index in [1.807, 2.05) is 12.1 Å². The second-order valence-electron chi connectivity index (χ2n) is 3.37. The topological polar surface area (TPSA) is 18.5 Å². The molecule has 0 saturated heterocycles. The number of hydrogen-bond donors (Lipinski definition) is 0. The van der Waals surface area contributed by atoms with Crippen LogP contribution in [0.3, 0.4) is 0 Å². The quantitative estimate of drug-likeness (QED) is 0.537. The SMILES string of the molecule is C=CCCCc1ccc2c(c1)OCO2. The number of fused-ring (bicyclic) bond motifs is 1. The van der Waals surface area contributed by atoms with E-state index in [9.17, 15) is 0 Å². The van der Waals surface area contributed by atoms with Gasteiger partial charge in [0.1, 0.15) is 0 Å². The largest absolute Gasteiger partial charge is 0.454 e. The van der Waals surface area contributed by atoms with Crippen molar-refractivity contribution in [1.29, 1.82) is 0 Å². The zero-order valence-corrected chi connectivity index (χ0v) is 8.16. The molecule has 74 valence electrons. The van der Waals surface area contributed by atoms with Crippen molar-refractivity contribution in [2.45, 2.75) is 19.3 Å². The molecule has 0 saturated carbocycles. The Balaban J connectivity index is 2.01. The first kappa shape index (κ1) is 9.13. The van der Waals surface area contributed by atoms with Crippen LogP contribution in [0.2, 0.25) is 0 Å². The third-order valence-corrected chi connectivity index (χ3v) is 2.31. The number of ether oxygens (including phenoxy) is 2. The maximum absolute atomic E-state index is 5.30. The molecule has 0 aliphatic carbocycles. The van der Waals surface area contributed by atoms with E-state index in [2.05, 4.69) is 18.7 Å². The van der Waals surface area contributed by atoms with Crippen molar-refractivity contribution >= 4 is 0 Å². The number of rotatable bonds is 4. The Bertz CT molecular complexity index is 331. The lowest BCUT2D eigenvalue weighted by molar-refractivity contribution is 0.174. The number of benzene rings is 1. The summed E-state index contributed by atoms with van der Waals surface area (Å²) in [5, 5.41) is 0. The molecule has 1 aromatic carbocycles. The van der Waals surface area contributed by atoms with Gasteiger partial charge < -0.3 is 9.47 Å². The van der Waals surface area contributed by atoms with Crippen LogP contribution in [0, 0.1) is 0 Å². The van der Waals surface area contributed by atoms with Crippen LogP contribution < -0.4 is 9.47 Å². The van der Waals surface area contributed by atoms with Crippen LogP contribution >= 0.6 is 0 Å². The summed E-state index contributed by atoms with van der Waals surface area (Å²) in [4.78, 5) is 0. The van der Waals surface area contributed by atoms with Gasteiger partial charge in [-0.1, -0.05) is 12.1 Å². The summed E-state index contributed by atoms with van der Waals surface area (Å²) >= 11 is 0. The van der Waals surface area contributed by atoms with Gasteiger partial charge in [0.2, 0.25) is 6.79 Å². The lowest BCUT2D eigenvalue weighted by Gasteiger charge is -2.01. The smallest absolute Gasteiger partial charge is 0.231 e. The van der Waals surface area contributed by atoms with Crippen LogP contribution in [0.1, 0.15) is 18.4 Å². The molecule has 0 N–H and O–H groups in total. The molecule has 1 aliphatic heterocycles. The molecule has 2 rings (SSSR count). The van der Waals surface area contributed by atoms with Gasteiger partial charge in [-0.3, -0.25) is 0 Å². The van der Waals surface area contributed by atoms with Crippen LogP contribution in [0.25, 0.3) is 0 Å². The van der Waals surface area contributed by atoms with Crippen LogP contribution in [-0.4, -0.2) is 6.79 Å². The molecule has 1 aromatic rings. The summed E-state index contributed by atoms with van der Waals surface area (Å²) < 4.78 is 10.5. The lowest BCUT2D eigenvalue weighted by atomic mass is 10.1. The van der Waals surface area contributed by atoms with Crippen molar-refractivity contribution in [2.24, 2.45) is 0 Å². The Labute approximate surface area is 84.2 Å². The average molecular weight is 190 g/mol. The predicted molar refractivity (Wildman–Crippen MR) is 55.7 cm³/mol. The second-order valence-corrected chi connectivity index (χ2v) is 3.37. The molecule has 0 unspecified atom stereocenters. The molecule has 1 aliphatic rings. The maximum atomic E-state index is 5.30. The van der Waals surface area contributed by atoms with E-state index in [4.69, 9.17) is 9.47 Å². The van der Waals surface area contributed by atoms with Crippen LogP contribution in [-0.2, 0) is 6.42 Å². The number of allylic oxidation sites excluding steroid dienone is 1. The summed E-state index contributed by atoms with van der Waals surface area (Å²) in [6, 6.07) is 6.13. The van der Waals surface area contributed by atoms with E-state index >= 15 is 0 Å². The van der Waals surface area contributed by atoms with Gasteiger partial charge in [-0.15, -0.1) is 6.58 Å². The monoisotopic (exact) mass is 190 g/mol. The first-order valence-electron chi connectivity index (χ1n) is 4.89. The molecule has 14 heavy (non-hydrogen) atoms. The van der Waals surface area contributed by atoms with Crippen molar-refractivity contribution in [1.82, 2.24) is 0 Å². The Kier molecular flexibility index (Phi) is 2.73. The third kappa shape index (κ3) is 1.90. The van der Waals surface area contributed by atoms with E-state index in [1.54, 1.807) is 0 Å². The third-order valence-electron chi connectivity index (χ3n) is 2.31. The molecule has 2 nitrogen and oxygen atoms in total. The molecule has 0 amide bonds. The Hall–Kier alpha value is -1.44. The number of aryl methyl sites for hydroxylation is 1. The molecular formula is C12H14O2. The first-order valence-corrected chi connectivity index (χ1v) is 4.89. The summed E-state index contributed by atoms with van der Waals surface area (Å²) in [5.41, 5.74) is 1.30. The standard InChI is InChI=1S/C12H14O2/c1-2-3-4-5-10-6-7-11-12(8-10)14-9-13-11/h2,6-8H,1,3-5,9H2. The molecule has 0 spiro atoms. The molecule has 0 fully saturated rings. The predicted octanol–water partition coefficient (Wildman–Crippen LogP) is 2.92. The van der Waals surface area contributed by atoms with Crippen molar-refractivity contribution in [3.8, 4) is 11.5 Å². The van der Waals surface area contributed by atoms with E-state index in [0.717, 1.165) is 30.8 Å². The van der Waals surface area contributed by atoms with E-state index in [1.165, 1.54) is 5.56 Å². The highest BCUT2D eigenvalue weighted by atomic mass is 16.7. The second kappa shape index (κ2) is 4.18. The van der Waals surface area contributed by atoms with Gasteiger partial charge in [0, 0.05) is 0 Å². The molecule has 0 bridgehead atoms. The van der Waals surface area contributed by atoms with Crippen LogP contribution in [0.5, 0.6) is 11.5 Å². The van der Waals surface area contributed by atoms with Gasteiger partial charge in [-0.05, 0) is 37.0 Å². The average Bonchev–Trinajstić information content (AvgIpc) is 2.65. The summed E-state index contributed by atoms with van der Waals surface area (Å²) in [5.74, 6) is 1.73. The molecule has 1 heterocycles. The minimum atomic E-state index is 0.353. The Morgan fingerprint density at radius 1 is 1.29 bits per heavy atom. The van der Waals surface area contributed by atoms with Crippen molar-refractivity contribution < 1.29 is 9.47 Å². The van der Waals surface area contributed by atoms with Crippen molar-refractivity contribution in [3.63, 3.8) is 0 Å². The van der Waals surface area contributed by atoms with Gasteiger partial charge in [0.15, 0.2) is 11.5 Å². The zero-order valence-electron chi connectivity index (χ0n) is 8.16. The lowest BCUT2D eigenvalue weighted by Crippen LogP contribution is -1.92. The summed E-state index contributed by atoms with van der Waals surface area (Å²) in [7, 11) is 0. The summed E-state index contributed by atoms with van der Waals surface area (Å²) in [6.45, 7) is 4.06. The fourth-order valence-corrected chi connectivity index (χ4v) is 1.55. The van der Waals surface area contributed by atoms with Crippen LogP contribution in [0.4, 0.5) is 0 Å². The fourth-order valence-electron chi connectivity index (χ4n) is 1.55. The first-order chi connectivity index (χ1) is 6.90. The van der Waals surface area contributed by atoms with E-state index < -0.39 is 0 Å². The normalized spacial score (nSPS) is 12.9. The van der Waals surface area contributed by atoms with Gasteiger partial charge >= 0.3 is 0 Å². The molecule has 0 radical (unpaired) electrons. The highest BCUT2D eigenvalue weighted by Crippen LogP contribution is 2.32. The zero-order chi connectivity index (χ0) is 9.80. The molecule has 0 aromatic heterocycles. The highest BCUT2D eigenvalue weighted by molar-refractivity contribution is 5.44. The van der Waals surface area contributed by atoms with Gasteiger partial charge in [0.05, 0.1) is 0 Å². The van der Waals surface area contributed by atoms with Crippen molar-refractivity contribution in [3.05, 3.63) is 36.4 Å². The number of hydrogen-bond acceptors (Lipinski definition) is 2. The van der Waals surface area contributed by atoms with Crippen molar-refractivity contribution in [2.75, 3.05) is 6.79 Å². The fraction of sp³-hybridized carbons (Fsp3) is 0.333. The molecule has 0 atom stereocenters. The molecular weight excluding hydrogens is 176 g/mol.